The van der Waals surface area contributed by atoms with E-state index in [1.807, 2.05) is 0 Å². The first-order chi connectivity index (χ1) is 9.72. The number of benzene rings is 1. The summed E-state index contributed by atoms with van der Waals surface area (Å²) >= 11 is 0. The number of methoxy groups -OCH3 is 1. The van der Waals surface area contributed by atoms with Crippen molar-refractivity contribution in [3.63, 3.8) is 0 Å². The molecule has 1 N–H and O–H groups in total. The van der Waals surface area contributed by atoms with E-state index in [4.69, 9.17) is 9.47 Å². The highest BCUT2D eigenvalue weighted by molar-refractivity contribution is 5.51. The van der Waals surface area contributed by atoms with Gasteiger partial charge in [-0.1, -0.05) is 6.07 Å². The van der Waals surface area contributed by atoms with Gasteiger partial charge in [0.15, 0.2) is 0 Å². The average Bonchev–Trinajstić information content (AvgIpc) is 2.45. The number of hydrogen-bond donors (Lipinski definition) is 1. The lowest BCUT2D eigenvalue weighted by Crippen LogP contribution is -2.43. The van der Waals surface area contributed by atoms with Crippen LogP contribution in [0.5, 0.6) is 0 Å². The zero-order chi connectivity index (χ0) is 14.4. The van der Waals surface area contributed by atoms with Crippen LogP contribution in [-0.2, 0) is 16.0 Å². The van der Waals surface area contributed by atoms with Gasteiger partial charge in [0.1, 0.15) is 0 Å². The molecule has 1 aromatic rings. The van der Waals surface area contributed by atoms with Crippen molar-refractivity contribution in [3.05, 3.63) is 29.3 Å². The van der Waals surface area contributed by atoms with Crippen molar-refractivity contribution in [3.8, 4) is 0 Å². The first kappa shape index (κ1) is 15.3. The summed E-state index contributed by atoms with van der Waals surface area (Å²) in [6, 6.07) is 7.19. The highest BCUT2D eigenvalue weighted by atomic mass is 16.5. The molecule has 1 atom stereocenters. The van der Waals surface area contributed by atoms with Crippen LogP contribution < -0.4 is 10.2 Å². The molecule has 0 spiro atoms. The van der Waals surface area contributed by atoms with Gasteiger partial charge < -0.3 is 19.7 Å². The topological polar surface area (TPSA) is 33.7 Å². The van der Waals surface area contributed by atoms with Crippen molar-refractivity contribution in [2.24, 2.45) is 0 Å². The van der Waals surface area contributed by atoms with Crippen LogP contribution in [0.25, 0.3) is 0 Å². The smallest absolute Gasteiger partial charge is 0.0668 e. The third-order valence-electron chi connectivity index (χ3n) is 3.82. The molecule has 1 aliphatic heterocycles. The molecule has 0 aliphatic carbocycles. The van der Waals surface area contributed by atoms with Crippen molar-refractivity contribution in [1.29, 1.82) is 0 Å². The molecule has 0 radical (unpaired) electrons. The summed E-state index contributed by atoms with van der Waals surface area (Å²) < 4.78 is 10.5. The van der Waals surface area contributed by atoms with Crippen LogP contribution in [0.15, 0.2) is 18.2 Å². The lowest BCUT2D eigenvalue weighted by atomic mass is 10.1. The molecule has 1 unspecified atom stereocenters. The van der Waals surface area contributed by atoms with Crippen LogP contribution in [0.1, 0.15) is 18.1 Å². The van der Waals surface area contributed by atoms with E-state index >= 15 is 0 Å². The Hall–Kier alpha value is -1.10. The molecular weight excluding hydrogens is 252 g/mol. The maximum Gasteiger partial charge on any atom is 0.0668 e. The van der Waals surface area contributed by atoms with Gasteiger partial charge in [0.25, 0.3) is 0 Å². The number of ether oxygens (including phenoxy) is 2. The molecule has 0 aromatic heterocycles. The van der Waals surface area contributed by atoms with Gasteiger partial charge in [0.2, 0.25) is 0 Å². The van der Waals surface area contributed by atoms with E-state index in [-0.39, 0.29) is 0 Å². The van der Waals surface area contributed by atoms with E-state index in [0.29, 0.717) is 6.04 Å². The van der Waals surface area contributed by atoms with Crippen LogP contribution in [-0.4, -0.2) is 46.1 Å². The summed E-state index contributed by atoms with van der Waals surface area (Å²) in [4.78, 5) is 2.43. The Morgan fingerprint density at radius 1 is 1.45 bits per heavy atom. The fraction of sp³-hybridized carbons (Fsp3) is 0.625. The molecule has 20 heavy (non-hydrogen) atoms. The molecule has 2 rings (SSSR count). The molecule has 0 amide bonds. The van der Waals surface area contributed by atoms with Crippen LogP contribution >= 0.6 is 0 Å². The molecular formula is C16H26N2O2. The van der Waals surface area contributed by atoms with Crippen LogP contribution in [0.3, 0.4) is 0 Å². The van der Waals surface area contributed by atoms with Crippen molar-refractivity contribution < 1.29 is 9.47 Å². The highest BCUT2D eigenvalue weighted by Crippen LogP contribution is 2.22. The number of anilines is 1. The van der Waals surface area contributed by atoms with Crippen molar-refractivity contribution in [2.75, 3.05) is 44.9 Å². The van der Waals surface area contributed by atoms with Gasteiger partial charge in [-0.25, -0.2) is 0 Å². The molecule has 1 saturated heterocycles. The van der Waals surface area contributed by atoms with Crippen LogP contribution in [0, 0.1) is 6.92 Å². The van der Waals surface area contributed by atoms with Crippen LogP contribution in [0.2, 0.25) is 0 Å². The molecule has 0 saturated carbocycles. The summed E-state index contributed by atoms with van der Waals surface area (Å²) in [7, 11) is 1.73. The lowest BCUT2D eigenvalue weighted by Gasteiger charge is -2.35. The Morgan fingerprint density at radius 3 is 3.00 bits per heavy atom. The molecule has 112 valence electrons. The fourth-order valence-corrected chi connectivity index (χ4v) is 2.57. The molecule has 4 nitrogen and oxygen atoms in total. The molecule has 1 fully saturated rings. The second-order valence-electron chi connectivity index (χ2n) is 5.40. The van der Waals surface area contributed by atoms with Crippen molar-refractivity contribution in [2.45, 2.75) is 26.4 Å². The third kappa shape index (κ3) is 3.95. The number of hydrogen-bond acceptors (Lipinski definition) is 4. The van der Waals surface area contributed by atoms with Gasteiger partial charge >= 0.3 is 0 Å². The monoisotopic (exact) mass is 278 g/mol. The van der Waals surface area contributed by atoms with Crippen molar-refractivity contribution >= 4 is 5.69 Å². The summed E-state index contributed by atoms with van der Waals surface area (Å²) in [5, 5.41) is 3.39. The van der Waals surface area contributed by atoms with E-state index in [0.717, 1.165) is 39.5 Å². The normalized spacial score (nSPS) is 19.4. The van der Waals surface area contributed by atoms with Crippen molar-refractivity contribution in [1.82, 2.24) is 5.32 Å². The van der Waals surface area contributed by atoms with E-state index in [1.165, 1.54) is 16.8 Å². The summed E-state index contributed by atoms with van der Waals surface area (Å²) in [5.74, 6) is 0. The minimum absolute atomic E-state index is 0.453. The summed E-state index contributed by atoms with van der Waals surface area (Å²) in [6.07, 6.45) is 0. The largest absolute Gasteiger partial charge is 0.383 e. The Kier molecular flexibility index (Phi) is 5.83. The maximum absolute atomic E-state index is 5.50. The lowest BCUT2D eigenvalue weighted by molar-refractivity contribution is 0.0989. The number of rotatable bonds is 6. The molecule has 1 heterocycles. The zero-order valence-corrected chi connectivity index (χ0v) is 12.8. The summed E-state index contributed by atoms with van der Waals surface area (Å²) in [5.41, 5.74) is 4.00. The van der Waals surface area contributed by atoms with Crippen LogP contribution in [0.4, 0.5) is 5.69 Å². The van der Waals surface area contributed by atoms with Gasteiger partial charge in [-0.3, -0.25) is 0 Å². The average molecular weight is 278 g/mol. The minimum Gasteiger partial charge on any atom is -0.383 e. The Morgan fingerprint density at radius 2 is 2.30 bits per heavy atom. The summed E-state index contributed by atoms with van der Waals surface area (Å²) in [6.45, 7) is 9.56. The molecule has 1 aliphatic rings. The molecule has 1 aromatic carbocycles. The van der Waals surface area contributed by atoms with E-state index < -0.39 is 0 Å². The predicted octanol–water partition coefficient (Wildman–Crippen LogP) is 1.96. The number of aryl methyl sites for hydroxylation is 1. The first-order valence-corrected chi connectivity index (χ1v) is 7.36. The van der Waals surface area contributed by atoms with E-state index in [2.05, 4.69) is 42.3 Å². The van der Waals surface area contributed by atoms with Gasteiger partial charge in [0, 0.05) is 38.5 Å². The minimum atomic E-state index is 0.453. The van der Waals surface area contributed by atoms with Gasteiger partial charge in [-0.15, -0.1) is 0 Å². The second-order valence-corrected chi connectivity index (χ2v) is 5.40. The highest BCUT2D eigenvalue weighted by Gasteiger charge is 2.19. The standard InChI is InChI=1S/C16H26N2O2/c1-13-10-16(18-7-9-20-12-14(18)2)5-4-15(13)11-17-6-8-19-3/h4-5,10,14,17H,6-9,11-12H2,1-3H3. The third-order valence-corrected chi connectivity index (χ3v) is 3.82. The van der Waals surface area contributed by atoms with Gasteiger partial charge in [0.05, 0.1) is 19.8 Å². The predicted molar refractivity (Wildman–Crippen MR) is 82.4 cm³/mol. The second kappa shape index (κ2) is 7.62. The molecule has 4 heteroatoms. The van der Waals surface area contributed by atoms with Gasteiger partial charge in [-0.2, -0.15) is 0 Å². The number of nitrogens with zero attached hydrogens (tertiary/aromatic N) is 1. The Balaban J connectivity index is 1.97. The SMILES string of the molecule is COCCNCc1ccc(N2CCOCC2C)cc1C. The Bertz CT molecular complexity index is 423. The van der Waals surface area contributed by atoms with E-state index in [9.17, 15) is 0 Å². The number of morpholine rings is 1. The Labute approximate surface area is 122 Å². The quantitative estimate of drug-likeness (QED) is 0.807. The zero-order valence-electron chi connectivity index (χ0n) is 12.8. The van der Waals surface area contributed by atoms with Gasteiger partial charge in [-0.05, 0) is 37.1 Å². The fourth-order valence-electron chi connectivity index (χ4n) is 2.57. The first-order valence-electron chi connectivity index (χ1n) is 7.36. The number of nitrogens with one attached hydrogen (secondary N) is 1. The molecule has 0 bridgehead atoms. The van der Waals surface area contributed by atoms with E-state index in [1.54, 1.807) is 7.11 Å². The maximum atomic E-state index is 5.50.